The zero-order chi connectivity index (χ0) is 26.5. The van der Waals surface area contributed by atoms with Crippen molar-refractivity contribution in [1.82, 2.24) is 10.6 Å². The van der Waals surface area contributed by atoms with E-state index in [9.17, 15) is 0 Å². The van der Waals surface area contributed by atoms with Crippen LogP contribution >= 0.6 is 18.5 Å². The average Bonchev–Trinajstić information content (AvgIpc) is 3.72. The topological polar surface area (TPSA) is 24.1 Å². The molecule has 8 rings (SSSR count). The van der Waals surface area contributed by atoms with Crippen LogP contribution in [-0.2, 0) is 27.6 Å². The molecule has 0 radical (unpaired) electrons. The van der Waals surface area contributed by atoms with Gasteiger partial charge in [-0.3, -0.25) is 0 Å². The molecule has 39 heavy (non-hydrogen) atoms. The molecule has 4 saturated carbocycles. The number of hydrogen-bond donors (Lipinski definition) is 2. The maximum Gasteiger partial charge on any atom is 0.0147 e. The molecule has 2 aromatic rings. The van der Waals surface area contributed by atoms with Gasteiger partial charge in [-0.05, 0) is 106 Å². The van der Waals surface area contributed by atoms with Crippen LogP contribution in [0.25, 0.3) is 0 Å². The van der Waals surface area contributed by atoms with Crippen molar-refractivity contribution < 1.29 is 17.1 Å². The van der Waals surface area contributed by atoms with E-state index in [1.165, 1.54) is 70.6 Å². The van der Waals surface area contributed by atoms with Gasteiger partial charge in [0.2, 0.25) is 0 Å². The third-order valence-electron chi connectivity index (χ3n) is 11.5. The molecule has 0 amide bonds. The van der Waals surface area contributed by atoms with E-state index in [1.807, 2.05) is 30.3 Å². The number of hydrogen-bond acceptors (Lipinski definition) is 2. The largest absolute Gasteiger partial charge is 0.748 e. The zero-order valence-electron chi connectivity index (χ0n) is 24.5. The molecule has 4 bridgehead atoms. The van der Waals surface area contributed by atoms with Gasteiger partial charge < -0.3 is 41.0 Å². The molecule has 2 aromatic carbocycles. The van der Waals surface area contributed by atoms with E-state index < -0.39 is 8.07 Å². The molecule has 4 unspecified atom stereocenters. The first kappa shape index (κ1) is 30.7. The Morgan fingerprint density at radius 3 is 1.74 bits per heavy atom. The van der Waals surface area contributed by atoms with Crippen LogP contribution in [0.3, 0.4) is 0 Å². The van der Waals surface area contributed by atoms with E-state index >= 15 is 0 Å². The second kappa shape index (κ2) is 12.1. The van der Waals surface area contributed by atoms with Gasteiger partial charge >= 0.3 is 0 Å². The van der Waals surface area contributed by atoms with Crippen molar-refractivity contribution in [2.24, 2.45) is 23.7 Å². The molecule has 6 aliphatic rings. The van der Waals surface area contributed by atoms with Crippen molar-refractivity contribution >= 4 is 31.7 Å². The Bertz CT molecular complexity index is 1000. The Morgan fingerprint density at radius 2 is 1.36 bits per heavy atom. The van der Waals surface area contributed by atoms with E-state index in [-0.39, 0.29) is 22.2 Å². The summed E-state index contributed by atoms with van der Waals surface area (Å²) in [7, 11) is 5.39. The Labute approximate surface area is 255 Å². The van der Waals surface area contributed by atoms with Gasteiger partial charge in [0, 0.05) is 37.2 Å². The fourth-order valence-corrected chi connectivity index (χ4v) is 12.6. The minimum atomic E-state index is -1.41. The van der Waals surface area contributed by atoms with Crippen LogP contribution in [0.5, 0.6) is 0 Å². The van der Waals surface area contributed by atoms with Crippen molar-refractivity contribution in [2.75, 3.05) is 19.3 Å². The summed E-state index contributed by atoms with van der Waals surface area (Å²) in [5, 5.41) is 9.81. The molecule has 2 N–H and O–H groups in total. The molecule has 2 heterocycles. The molecule has 6 fully saturated rings. The van der Waals surface area contributed by atoms with E-state index in [1.54, 1.807) is 22.7 Å². The maximum atomic E-state index is 3.99. The van der Waals surface area contributed by atoms with Crippen molar-refractivity contribution in [3.63, 3.8) is 0 Å². The standard InChI is InChI=1S/C28H47N2P2Si.C5H5.Fe/c1-33(2,3)22-15-23(27(17-31)20-11-18-10-19(13-20)14-21(27)12-18)24(16-22)28(32,25-6-4-8-29-25)26-7-5-9-30-26;1-2-4-5-3-1;/h15-16,18-21,25-26,29-30H,4-14,17,31-32H2,1-3H3;1-5H;/q-1;-5;. The molecule has 4 aliphatic carbocycles. The summed E-state index contributed by atoms with van der Waals surface area (Å²) in [6, 6.07) is 16.7. The summed E-state index contributed by atoms with van der Waals surface area (Å²) >= 11 is 0. The summed E-state index contributed by atoms with van der Waals surface area (Å²) < 4.78 is 0. The number of nitrogens with one attached hydrogen (secondary N) is 2. The molecule has 4 atom stereocenters. The Morgan fingerprint density at radius 1 is 0.872 bits per heavy atom. The van der Waals surface area contributed by atoms with Gasteiger partial charge in [0.05, 0.1) is 0 Å². The van der Waals surface area contributed by atoms with Crippen LogP contribution in [0.2, 0.25) is 19.6 Å². The first-order valence-electron chi connectivity index (χ1n) is 15.7. The van der Waals surface area contributed by atoms with Gasteiger partial charge in [0.15, 0.2) is 0 Å². The Balaban J connectivity index is 0.000000464. The van der Waals surface area contributed by atoms with Crippen LogP contribution < -0.4 is 15.8 Å². The van der Waals surface area contributed by atoms with E-state index in [2.05, 4.69) is 60.9 Å². The van der Waals surface area contributed by atoms with Crippen molar-refractivity contribution in [3.8, 4) is 0 Å². The summed E-state index contributed by atoms with van der Waals surface area (Å²) in [6.45, 7) is 10.1. The monoisotopic (exact) mass is 622 g/mol. The van der Waals surface area contributed by atoms with Gasteiger partial charge in [0.1, 0.15) is 0 Å². The Kier molecular flexibility index (Phi) is 9.49. The third kappa shape index (κ3) is 5.41. The zero-order valence-corrected chi connectivity index (χ0v) is 28.9. The van der Waals surface area contributed by atoms with E-state index in [0.29, 0.717) is 17.5 Å². The predicted octanol–water partition coefficient (Wildman–Crippen LogP) is 6.50. The summed E-state index contributed by atoms with van der Waals surface area (Å²) in [5.74, 6) is 3.87. The fourth-order valence-electron chi connectivity index (χ4n) is 9.72. The fraction of sp³-hybridized carbons (Fsp3) is 0.697. The maximum absolute atomic E-state index is 3.99. The minimum absolute atomic E-state index is 0. The molecule has 2 nitrogen and oxygen atoms in total. The smallest absolute Gasteiger partial charge is 0.0147 e. The average molecular weight is 623 g/mol. The van der Waals surface area contributed by atoms with Crippen LogP contribution in [0.1, 0.15) is 68.9 Å². The number of rotatable bonds is 6. The first-order chi connectivity index (χ1) is 18.3. The van der Waals surface area contributed by atoms with Gasteiger partial charge in [-0.1, -0.05) is 25.1 Å². The second-order valence-electron chi connectivity index (χ2n) is 14.6. The quantitative estimate of drug-likeness (QED) is 0.219. The van der Waals surface area contributed by atoms with E-state index in [0.717, 1.165) is 23.7 Å². The van der Waals surface area contributed by atoms with Gasteiger partial charge in [0.25, 0.3) is 0 Å². The van der Waals surface area contributed by atoms with Crippen molar-refractivity contribution in [3.05, 3.63) is 53.6 Å². The minimum Gasteiger partial charge on any atom is -0.748 e. The van der Waals surface area contributed by atoms with E-state index in [4.69, 9.17) is 0 Å². The summed E-state index contributed by atoms with van der Waals surface area (Å²) in [6.07, 6.45) is 14.1. The van der Waals surface area contributed by atoms with Crippen molar-refractivity contribution in [2.45, 2.75) is 100 Å². The van der Waals surface area contributed by atoms with Gasteiger partial charge in [-0.2, -0.15) is 28.4 Å². The molecule has 0 aromatic heterocycles. The third-order valence-corrected chi connectivity index (χ3v) is 15.3. The second-order valence-corrected chi connectivity index (χ2v) is 21.0. The first-order valence-corrected chi connectivity index (χ1v) is 20.6. The SMILES string of the molecule is C[Si](C)(C)[c-]1cc(C(P)(C2CCCN2)C2CCCN2)c(C2(CP)C3CC4CC(C3)CC2C4)c1.[Fe].[cH-]1[cH-][cH-][cH-][cH-]1. The van der Waals surface area contributed by atoms with Crippen LogP contribution in [0.15, 0.2) is 42.5 Å². The molecular weight excluding hydrogens is 570 g/mol. The predicted molar refractivity (Wildman–Crippen MR) is 174 cm³/mol. The molecule has 0 spiro atoms. The summed E-state index contributed by atoms with van der Waals surface area (Å²) in [5.41, 5.74) is 3.93. The Hall–Kier alpha value is 0.216. The molecule has 6 heteroatoms. The molecule has 222 valence electrons. The van der Waals surface area contributed by atoms with Crippen LogP contribution in [-0.4, -0.2) is 39.4 Å². The molecule has 2 aliphatic heterocycles. The summed E-state index contributed by atoms with van der Waals surface area (Å²) in [4.78, 5) is 0. The molecular formula is C33H52FeN2P2Si-6. The van der Waals surface area contributed by atoms with Crippen LogP contribution in [0.4, 0.5) is 0 Å². The van der Waals surface area contributed by atoms with Crippen LogP contribution in [0, 0.1) is 23.7 Å². The molecule has 2 saturated heterocycles. The normalized spacial score (nSPS) is 36.7. The van der Waals surface area contributed by atoms with Gasteiger partial charge in [-0.15, -0.1) is 18.5 Å². The van der Waals surface area contributed by atoms with Gasteiger partial charge in [-0.25, -0.2) is 0 Å². The van der Waals surface area contributed by atoms with Crippen molar-refractivity contribution in [1.29, 1.82) is 0 Å².